The molecule has 0 radical (unpaired) electrons. The summed E-state index contributed by atoms with van der Waals surface area (Å²) < 4.78 is 7.65. The number of fused-ring (bicyclic) bond motifs is 1. The predicted octanol–water partition coefficient (Wildman–Crippen LogP) is 0.636. The van der Waals surface area contributed by atoms with Crippen LogP contribution < -0.4 is 21.3 Å². The SMILES string of the molecule is COc1ccc(C2N=CNc3c2c(=O)n(C)c(=O)n3C)cc1. The van der Waals surface area contributed by atoms with Crippen molar-refractivity contribution in [2.45, 2.75) is 6.04 Å². The average Bonchev–Trinajstić information content (AvgIpc) is 2.57. The normalized spacial score (nSPS) is 16.0. The molecule has 2 heterocycles. The Morgan fingerprint density at radius 2 is 1.82 bits per heavy atom. The van der Waals surface area contributed by atoms with Crippen LogP contribution in [0.25, 0.3) is 0 Å². The summed E-state index contributed by atoms with van der Waals surface area (Å²) in [7, 11) is 4.69. The van der Waals surface area contributed by atoms with Gasteiger partial charge in [-0.2, -0.15) is 0 Å². The zero-order valence-electron chi connectivity index (χ0n) is 12.5. The summed E-state index contributed by atoms with van der Waals surface area (Å²) in [6.07, 6.45) is 1.51. The standard InChI is InChI=1S/C15H16N4O3/c1-18-13-11(14(20)19(2)15(18)21)12(16-8-17-13)9-4-6-10(22-3)7-5-9/h4-8,12H,1-3H3,(H,16,17). The molecule has 1 N–H and O–H groups in total. The quantitative estimate of drug-likeness (QED) is 0.882. The highest BCUT2D eigenvalue weighted by Crippen LogP contribution is 2.31. The lowest BCUT2D eigenvalue weighted by atomic mass is 9.99. The zero-order valence-corrected chi connectivity index (χ0v) is 12.5. The fourth-order valence-electron chi connectivity index (χ4n) is 2.58. The smallest absolute Gasteiger partial charge is 0.332 e. The zero-order chi connectivity index (χ0) is 15.9. The van der Waals surface area contributed by atoms with Crippen LogP contribution in [-0.4, -0.2) is 22.6 Å². The highest BCUT2D eigenvalue weighted by Gasteiger charge is 2.26. The molecular formula is C15H16N4O3. The van der Waals surface area contributed by atoms with Crippen LogP contribution in [0.15, 0.2) is 38.8 Å². The Bertz CT molecular complexity index is 862. The van der Waals surface area contributed by atoms with Gasteiger partial charge in [0.25, 0.3) is 5.56 Å². The number of ether oxygens (including phenoxy) is 1. The summed E-state index contributed by atoms with van der Waals surface area (Å²) in [5.74, 6) is 1.21. The Kier molecular flexibility index (Phi) is 3.32. The second-order valence-electron chi connectivity index (χ2n) is 5.07. The van der Waals surface area contributed by atoms with Gasteiger partial charge in [-0.15, -0.1) is 0 Å². The van der Waals surface area contributed by atoms with Gasteiger partial charge in [0, 0.05) is 14.1 Å². The number of aliphatic imine (C=N–C) groups is 1. The van der Waals surface area contributed by atoms with Gasteiger partial charge in [0.15, 0.2) is 0 Å². The predicted molar refractivity (Wildman–Crippen MR) is 83.9 cm³/mol. The Balaban J connectivity index is 2.21. The second kappa shape index (κ2) is 5.18. The molecule has 3 rings (SSSR count). The van der Waals surface area contributed by atoms with Gasteiger partial charge in [-0.25, -0.2) is 4.79 Å². The number of nitrogens with zero attached hydrogens (tertiary/aromatic N) is 3. The van der Waals surface area contributed by atoms with E-state index in [9.17, 15) is 9.59 Å². The monoisotopic (exact) mass is 300 g/mol. The minimum Gasteiger partial charge on any atom is -0.497 e. The number of methoxy groups -OCH3 is 1. The maximum atomic E-state index is 12.5. The van der Waals surface area contributed by atoms with E-state index in [0.717, 1.165) is 15.9 Å². The van der Waals surface area contributed by atoms with E-state index in [2.05, 4.69) is 10.3 Å². The van der Waals surface area contributed by atoms with Crippen molar-refractivity contribution < 1.29 is 4.74 Å². The molecule has 7 nitrogen and oxygen atoms in total. The Morgan fingerprint density at radius 3 is 2.45 bits per heavy atom. The minimum atomic E-state index is -0.451. The topological polar surface area (TPSA) is 77.6 Å². The molecule has 2 aromatic rings. The first-order chi connectivity index (χ1) is 10.5. The molecule has 22 heavy (non-hydrogen) atoms. The van der Waals surface area contributed by atoms with Crippen molar-refractivity contribution in [1.82, 2.24) is 9.13 Å². The lowest BCUT2D eigenvalue weighted by molar-refractivity contribution is 0.414. The molecule has 1 unspecified atom stereocenters. The van der Waals surface area contributed by atoms with Crippen LogP contribution in [0, 0.1) is 0 Å². The van der Waals surface area contributed by atoms with E-state index in [1.807, 2.05) is 24.3 Å². The van der Waals surface area contributed by atoms with Crippen molar-refractivity contribution in [2.75, 3.05) is 12.4 Å². The van der Waals surface area contributed by atoms with Crippen LogP contribution in [-0.2, 0) is 14.1 Å². The molecule has 1 aliphatic heterocycles. The van der Waals surface area contributed by atoms with Gasteiger partial charge < -0.3 is 10.1 Å². The molecule has 7 heteroatoms. The molecule has 1 aliphatic rings. The van der Waals surface area contributed by atoms with Crippen LogP contribution in [0.5, 0.6) is 5.75 Å². The number of nitrogens with one attached hydrogen (secondary N) is 1. The van der Waals surface area contributed by atoms with Crippen molar-refractivity contribution in [3.63, 3.8) is 0 Å². The fourth-order valence-corrected chi connectivity index (χ4v) is 2.58. The Hall–Kier alpha value is -2.83. The van der Waals surface area contributed by atoms with Crippen molar-refractivity contribution in [2.24, 2.45) is 19.1 Å². The maximum Gasteiger partial charge on any atom is 0.332 e. The number of rotatable bonds is 2. The third-order valence-corrected chi connectivity index (χ3v) is 3.83. The van der Waals surface area contributed by atoms with Gasteiger partial charge in [-0.05, 0) is 17.7 Å². The van der Waals surface area contributed by atoms with Crippen molar-refractivity contribution in [3.05, 3.63) is 56.2 Å². The van der Waals surface area contributed by atoms with E-state index in [-0.39, 0.29) is 11.2 Å². The van der Waals surface area contributed by atoms with Crippen LogP contribution in [0.1, 0.15) is 17.2 Å². The van der Waals surface area contributed by atoms with Crippen molar-refractivity contribution >= 4 is 12.2 Å². The molecule has 0 bridgehead atoms. The van der Waals surface area contributed by atoms with Gasteiger partial charge in [-0.3, -0.25) is 18.9 Å². The Morgan fingerprint density at radius 1 is 1.14 bits per heavy atom. The van der Waals surface area contributed by atoms with Gasteiger partial charge >= 0.3 is 5.69 Å². The second-order valence-corrected chi connectivity index (χ2v) is 5.07. The lowest BCUT2D eigenvalue weighted by Gasteiger charge is -2.23. The molecular weight excluding hydrogens is 284 g/mol. The van der Waals surface area contributed by atoms with Gasteiger partial charge in [-0.1, -0.05) is 12.1 Å². The third kappa shape index (κ3) is 2.02. The molecule has 0 spiro atoms. The number of aromatic nitrogens is 2. The molecule has 0 amide bonds. The molecule has 0 aliphatic carbocycles. The minimum absolute atomic E-state index is 0.344. The van der Waals surface area contributed by atoms with Crippen LogP contribution >= 0.6 is 0 Å². The van der Waals surface area contributed by atoms with Crippen LogP contribution in [0.4, 0.5) is 5.82 Å². The highest BCUT2D eigenvalue weighted by molar-refractivity contribution is 5.79. The summed E-state index contributed by atoms with van der Waals surface area (Å²) in [5.41, 5.74) is 0.594. The average molecular weight is 300 g/mol. The molecule has 1 atom stereocenters. The summed E-state index contributed by atoms with van der Waals surface area (Å²) >= 11 is 0. The lowest BCUT2D eigenvalue weighted by Crippen LogP contribution is -2.42. The van der Waals surface area contributed by atoms with Crippen molar-refractivity contribution in [1.29, 1.82) is 0 Å². The first-order valence-corrected chi connectivity index (χ1v) is 6.76. The summed E-state index contributed by atoms with van der Waals surface area (Å²) in [6, 6.07) is 6.91. The van der Waals surface area contributed by atoms with E-state index in [0.29, 0.717) is 11.4 Å². The van der Waals surface area contributed by atoms with E-state index in [1.165, 1.54) is 18.0 Å². The van der Waals surface area contributed by atoms with Crippen LogP contribution in [0.3, 0.4) is 0 Å². The summed E-state index contributed by atoms with van der Waals surface area (Å²) in [4.78, 5) is 28.9. The van der Waals surface area contributed by atoms with Crippen LogP contribution in [0.2, 0.25) is 0 Å². The molecule has 0 saturated carbocycles. The fraction of sp³-hybridized carbons (Fsp3) is 0.267. The van der Waals surface area contributed by atoms with E-state index < -0.39 is 6.04 Å². The van der Waals surface area contributed by atoms with Gasteiger partial charge in [0.2, 0.25) is 0 Å². The summed E-state index contributed by atoms with van der Waals surface area (Å²) in [5, 5.41) is 2.90. The van der Waals surface area contributed by atoms with Gasteiger partial charge in [0.05, 0.1) is 19.0 Å². The highest BCUT2D eigenvalue weighted by atomic mass is 16.5. The first kappa shape index (κ1) is 14.1. The third-order valence-electron chi connectivity index (χ3n) is 3.83. The molecule has 114 valence electrons. The Labute approximate surface area is 126 Å². The van der Waals surface area contributed by atoms with E-state index in [4.69, 9.17) is 4.74 Å². The molecule has 0 fully saturated rings. The largest absolute Gasteiger partial charge is 0.497 e. The summed E-state index contributed by atoms with van der Waals surface area (Å²) in [6.45, 7) is 0. The van der Waals surface area contributed by atoms with Crippen molar-refractivity contribution in [3.8, 4) is 5.75 Å². The first-order valence-electron chi connectivity index (χ1n) is 6.76. The molecule has 1 aromatic heterocycles. The number of anilines is 1. The van der Waals surface area contributed by atoms with E-state index >= 15 is 0 Å². The maximum absolute atomic E-state index is 12.5. The van der Waals surface area contributed by atoms with E-state index in [1.54, 1.807) is 14.2 Å². The number of benzene rings is 1. The number of hydrogen-bond acceptors (Lipinski definition) is 5. The van der Waals surface area contributed by atoms with Gasteiger partial charge in [0.1, 0.15) is 17.6 Å². The number of hydrogen-bond donors (Lipinski definition) is 1. The molecule has 0 saturated heterocycles. The molecule has 1 aromatic carbocycles.